The normalized spacial score (nSPS) is 11.5. The van der Waals surface area contributed by atoms with Crippen molar-refractivity contribution in [3.8, 4) is 0 Å². The first kappa shape index (κ1) is 15.7. The van der Waals surface area contributed by atoms with Crippen molar-refractivity contribution >= 4 is 32.2 Å². The summed E-state index contributed by atoms with van der Waals surface area (Å²) in [6, 6.07) is 5.97. The Hall–Kier alpha value is -1.67. The van der Waals surface area contributed by atoms with Crippen LogP contribution in [-0.2, 0) is 16.4 Å². The lowest BCUT2D eigenvalue weighted by molar-refractivity contribution is 0.595. The third-order valence-electron chi connectivity index (χ3n) is 2.82. The molecule has 2 rings (SSSR count). The Morgan fingerprint density at radius 1 is 1.33 bits per heavy atom. The number of rotatable bonds is 6. The number of anilines is 2. The summed E-state index contributed by atoms with van der Waals surface area (Å²) in [5.74, 6) is -0.261. The van der Waals surface area contributed by atoms with Crippen LogP contribution in [0.1, 0.15) is 18.9 Å². The molecule has 1 aromatic carbocycles. The largest absolute Gasteiger partial charge is 0.382 e. The van der Waals surface area contributed by atoms with E-state index in [1.807, 2.05) is 0 Å². The van der Waals surface area contributed by atoms with Gasteiger partial charge in [0.05, 0.1) is 5.75 Å². The molecule has 1 heterocycles. The highest BCUT2D eigenvalue weighted by Crippen LogP contribution is 2.32. The van der Waals surface area contributed by atoms with Crippen molar-refractivity contribution in [3.63, 3.8) is 0 Å². The number of nitrogens with zero attached hydrogens (tertiary/aromatic N) is 1. The van der Waals surface area contributed by atoms with Crippen molar-refractivity contribution < 1.29 is 12.8 Å². The highest BCUT2D eigenvalue weighted by atomic mass is 32.2. The number of nitrogens with one attached hydrogen (secondary N) is 1. The van der Waals surface area contributed by atoms with E-state index < -0.39 is 9.84 Å². The molecular weight excluding hydrogens is 313 g/mol. The van der Waals surface area contributed by atoms with Crippen molar-refractivity contribution in [2.75, 3.05) is 16.8 Å². The number of benzene rings is 1. The molecule has 114 valence electrons. The van der Waals surface area contributed by atoms with Gasteiger partial charge in [-0.05, 0) is 35.6 Å². The van der Waals surface area contributed by atoms with Gasteiger partial charge in [-0.1, -0.05) is 19.1 Å². The first-order valence-electron chi connectivity index (χ1n) is 6.40. The minimum absolute atomic E-state index is 0.0232. The van der Waals surface area contributed by atoms with Gasteiger partial charge < -0.3 is 11.1 Å². The van der Waals surface area contributed by atoms with E-state index in [9.17, 15) is 12.8 Å². The third-order valence-corrected chi connectivity index (χ3v) is 5.75. The number of halogens is 1. The zero-order chi connectivity index (χ0) is 15.5. The molecule has 2 aromatic rings. The van der Waals surface area contributed by atoms with Crippen LogP contribution in [0, 0.1) is 5.82 Å². The number of aromatic nitrogens is 1. The van der Waals surface area contributed by atoms with E-state index in [0.29, 0.717) is 18.0 Å². The Labute approximate surface area is 127 Å². The average Bonchev–Trinajstić information content (AvgIpc) is 2.80. The van der Waals surface area contributed by atoms with E-state index in [-0.39, 0.29) is 22.3 Å². The highest BCUT2D eigenvalue weighted by molar-refractivity contribution is 7.91. The van der Waals surface area contributed by atoms with Crippen LogP contribution in [0.4, 0.5) is 15.2 Å². The van der Waals surface area contributed by atoms with Crippen LogP contribution < -0.4 is 11.1 Å². The summed E-state index contributed by atoms with van der Waals surface area (Å²) in [6.07, 6.45) is 0.509. The maximum atomic E-state index is 12.8. The van der Waals surface area contributed by atoms with Crippen LogP contribution in [0.25, 0.3) is 0 Å². The summed E-state index contributed by atoms with van der Waals surface area (Å²) in [5.41, 5.74) is 6.51. The molecule has 0 spiro atoms. The fraction of sp³-hybridized carbons (Fsp3) is 0.308. The molecule has 0 unspecified atom stereocenters. The van der Waals surface area contributed by atoms with Gasteiger partial charge in [-0.25, -0.2) is 12.8 Å². The molecule has 0 aliphatic heterocycles. The molecular formula is C13H16FN3O2S2. The minimum Gasteiger partial charge on any atom is -0.382 e. The molecule has 0 fully saturated rings. The summed E-state index contributed by atoms with van der Waals surface area (Å²) in [5, 5.41) is 3.43. The summed E-state index contributed by atoms with van der Waals surface area (Å²) in [6.45, 7) is 2.16. The molecule has 0 radical (unpaired) electrons. The Morgan fingerprint density at radius 2 is 2.00 bits per heavy atom. The highest BCUT2D eigenvalue weighted by Gasteiger charge is 2.24. The van der Waals surface area contributed by atoms with Gasteiger partial charge in [-0.15, -0.1) is 0 Å². The quantitative estimate of drug-likeness (QED) is 0.851. The number of hydrogen-bond acceptors (Lipinski definition) is 6. The average molecular weight is 329 g/mol. The molecule has 1 aromatic heterocycles. The predicted octanol–water partition coefficient (Wildman–Crippen LogP) is 2.66. The van der Waals surface area contributed by atoms with Crippen LogP contribution in [0.5, 0.6) is 0 Å². The Morgan fingerprint density at radius 3 is 2.62 bits per heavy atom. The lowest BCUT2D eigenvalue weighted by Crippen LogP contribution is -2.10. The fourth-order valence-corrected chi connectivity index (χ4v) is 4.48. The standard InChI is InChI=1S/C13H16FN3O2S2/c1-2-7-21(18,19)11-12(15)17-20-13(11)16-8-9-3-5-10(14)6-4-9/h3-6,16H,2,7-8H2,1H3,(H2,15,17). The molecule has 0 bridgehead atoms. The van der Waals surface area contributed by atoms with Crippen LogP contribution in [0.3, 0.4) is 0 Å². The van der Waals surface area contributed by atoms with Crippen LogP contribution >= 0.6 is 11.5 Å². The molecule has 0 saturated heterocycles. The van der Waals surface area contributed by atoms with Crippen molar-refractivity contribution in [1.82, 2.24) is 4.37 Å². The zero-order valence-electron chi connectivity index (χ0n) is 11.5. The number of nitrogens with two attached hydrogens (primary N) is 1. The second-order valence-electron chi connectivity index (χ2n) is 4.52. The van der Waals surface area contributed by atoms with Crippen LogP contribution in [0.2, 0.25) is 0 Å². The number of hydrogen-bond donors (Lipinski definition) is 2. The van der Waals surface area contributed by atoms with Crippen molar-refractivity contribution in [2.24, 2.45) is 0 Å². The molecule has 3 N–H and O–H groups in total. The topological polar surface area (TPSA) is 85.1 Å². The van der Waals surface area contributed by atoms with Gasteiger partial charge in [0, 0.05) is 6.54 Å². The number of nitrogen functional groups attached to an aromatic ring is 1. The maximum Gasteiger partial charge on any atom is 0.185 e. The molecule has 5 nitrogen and oxygen atoms in total. The van der Waals surface area contributed by atoms with E-state index in [1.165, 1.54) is 12.1 Å². The first-order valence-corrected chi connectivity index (χ1v) is 8.83. The van der Waals surface area contributed by atoms with E-state index in [2.05, 4.69) is 9.69 Å². The first-order chi connectivity index (χ1) is 9.94. The summed E-state index contributed by atoms with van der Waals surface area (Å²) >= 11 is 1.01. The molecule has 0 aliphatic rings. The molecule has 0 amide bonds. The predicted molar refractivity (Wildman–Crippen MR) is 82.6 cm³/mol. The Balaban J connectivity index is 2.20. The van der Waals surface area contributed by atoms with Crippen molar-refractivity contribution in [2.45, 2.75) is 24.8 Å². The van der Waals surface area contributed by atoms with Gasteiger partial charge in [0.2, 0.25) is 0 Å². The molecule has 0 saturated carbocycles. The van der Waals surface area contributed by atoms with E-state index in [4.69, 9.17) is 5.73 Å². The van der Waals surface area contributed by atoms with E-state index >= 15 is 0 Å². The maximum absolute atomic E-state index is 12.8. The zero-order valence-corrected chi connectivity index (χ0v) is 13.1. The monoisotopic (exact) mass is 329 g/mol. The van der Waals surface area contributed by atoms with Crippen LogP contribution in [-0.4, -0.2) is 18.5 Å². The summed E-state index contributed by atoms with van der Waals surface area (Å²) in [7, 11) is -3.44. The van der Waals surface area contributed by atoms with Gasteiger partial charge in [0.25, 0.3) is 0 Å². The fourth-order valence-electron chi connectivity index (χ4n) is 1.86. The van der Waals surface area contributed by atoms with Gasteiger partial charge >= 0.3 is 0 Å². The lowest BCUT2D eigenvalue weighted by Gasteiger charge is -2.08. The SMILES string of the molecule is CCCS(=O)(=O)c1c(N)nsc1NCc1ccc(F)cc1. The molecule has 8 heteroatoms. The van der Waals surface area contributed by atoms with Gasteiger partial charge in [0.1, 0.15) is 15.7 Å². The second kappa shape index (κ2) is 6.40. The molecule has 0 atom stereocenters. The Kier molecular flexibility index (Phi) is 4.79. The van der Waals surface area contributed by atoms with Gasteiger partial charge in [-0.3, -0.25) is 0 Å². The van der Waals surface area contributed by atoms with Crippen molar-refractivity contribution in [1.29, 1.82) is 0 Å². The van der Waals surface area contributed by atoms with Crippen LogP contribution in [0.15, 0.2) is 29.2 Å². The van der Waals surface area contributed by atoms with E-state index in [1.54, 1.807) is 19.1 Å². The minimum atomic E-state index is -3.44. The summed E-state index contributed by atoms with van der Waals surface area (Å²) < 4.78 is 41.1. The molecule has 0 aliphatic carbocycles. The second-order valence-corrected chi connectivity index (χ2v) is 7.34. The number of sulfone groups is 1. The third kappa shape index (κ3) is 3.70. The van der Waals surface area contributed by atoms with Gasteiger partial charge in [0.15, 0.2) is 15.7 Å². The smallest absolute Gasteiger partial charge is 0.185 e. The van der Waals surface area contributed by atoms with Crippen molar-refractivity contribution in [3.05, 3.63) is 35.6 Å². The molecule has 21 heavy (non-hydrogen) atoms. The van der Waals surface area contributed by atoms with E-state index in [0.717, 1.165) is 17.1 Å². The Bertz CT molecular complexity index is 712. The lowest BCUT2D eigenvalue weighted by atomic mass is 10.2. The van der Waals surface area contributed by atoms with Gasteiger partial charge in [-0.2, -0.15) is 4.37 Å². The summed E-state index contributed by atoms with van der Waals surface area (Å²) in [4.78, 5) is 0.0662.